The molecule has 0 bridgehead atoms. The van der Waals surface area contributed by atoms with Crippen molar-refractivity contribution in [3.05, 3.63) is 34.9 Å². The molecule has 0 amide bonds. The zero-order valence-electron chi connectivity index (χ0n) is 14.4. The standard InChI is InChI=1S/C16H28N4O2S/c1-5-23(21,22)20-9-8-19-16(17-4)18-7-6-15-11-13(2)10-14(3)12-15/h10-12,20H,5-9H2,1-4H3,(H2,17,18,19). The third-order valence-corrected chi connectivity index (χ3v) is 4.73. The van der Waals surface area contributed by atoms with E-state index in [0.717, 1.165) is 13.0 Å². The Bertz CT molecular complexity index is 607. The third kappa shape index (κ3) is 7.99. The second-order valence-electron chi connectivity index (χ2n) is 5.47. The van der Waals surface area contributed by atoms with E-state index in [9.17, 15) is 8.42 Å². The summed E-state index contributed by atoms with van der Waals surface area (Å²) in [6.45, 7) is 7.41. The summed E-state index contributed by atoms with van der Waals surface area (Å²) in [4.78, 5) is 4.13. The first-order chi connectivity index (χ1) is 10.9. The van der Waals surface area contributed by atoms with Crippen LogP contribution in [0, 0.1) is 13.8 Å². The molecule has 0 saturated heterocycles. The van der Waals surface area contributed by atoms with E-state index in [1.165, 1.54) is 16.7 Å². The topological polar surface area (TPSA) is 82.6 Å². The summed E-state index contributed by atoms with van der Waals surface area (Å²) >= 11 is 0. The molecule has 6 nitrogen and oxygen atoms in total. The van der Waals surface area contributed by atoms with E-state index in [2.05, 4.69) is 52.4 Å². The van der Waals surface area contributed by atoms with Crippen LogP contribution in [0.25, 0.3) is 0 Å². The van der Waals surface area contributed by atoms with Gasteiger partial charge in [-0.05, 0) is 32.8 Å². The highest BCUT2D eigenvalue weighted by atomic mass is 32.2. The van der Waals surface area contributed by atoms with E-state index in [4.69, 9.17) is 0 Å². The summed E-state index contributed by atoms with van der Waals surface area (Å²) in [6.07, 6.45) is 0.908. The van der Waals surface area contributed by atoms with Crippen LogP contribution in [-0.2, 0) is 16.4 Å². The van der Waals surface area contributed by atoms with Crippen LogP contribution in [0.5, 0.6) is 0 Å². The van der Waals surface area contributed by atoms with Gasteiger partial charge in [0, 0.05) is 26.7 Å². The molecule has 1 rings (SSSR count). The fraction of sp³-hybridized carbons (Fsp3) is 0.562. The second kappa shape index (κ2) is 9.52. The van der Waals surface area contributed by atoms with Gasteiger partial charge in [-0.15, -0.1) is 0 Å². The number of sulfonamides is 1. The van der Waals surface area contributed by atoms with Crippen molar-refractivity contribution in [2.45, 2.75) is 27.2 Å². The first-order valence-corrected chi connectivity index (χ1v) is 9.50. The maximum absolute atomic E-state index is 11.3. The van der Waals surface area contributed by atoms with Gasteiger partial charge in [-0.3, -0.25) is 4.99 Å². The van der Waals surface area contributed by atoms with Gasteiger partial charge in [0.2, 0.25) is 10.0 Å². The lowest BCUT2D eigenvalue weighted by Gasteiger charge is -2.12. The smallest absolute Gasteiger partial charge is 0.211 e. The van der Waals surface area contributed by atoms with Crippen LogP contribution in [0.15, 0.2) is 23.2 Å². The average molecular weight is 340 g/mol. The Morgan fingerprint density at radius 2 is 1.65 bits per heavy atom. The molecule has 7 heteroatoms. The van der Waals surface area contributed by atoms with E-state index in [1.54, 1.807) is 14.0 Å². The summed E-state index contributed by atoms with van der Waals surface area (Å²) in [7, 11) is -1.44. The number of hydrogen-bond donors (Lipinski definition) is 3. The molecule has 23 heavy (non-hydrogen) atoms. The molecular formula is C16H28N4O2S. The van der Waals surface area contributed by atoms with Crippen molar-refractivity contribution in [1.29, 1.82) is 0 Å². The minimum atomic E-state index is -3.14. The molecule has 0 aliphatic carbocycles. The Balaban J connectivity index is 2.31. The first kappa shape index (κ1) is 19.4. The van der Waals surface area contributed by atoms with Crippen molar-refractivity contribution in [3.8, 4) is 0 Å². The van der Waals surface area contributed by atoms with E-state index in [0.29, 0.717) is 19.0 Å². The molecule has 3 N–H and O–H groups in total. The van der Waals surface area contributed by atoms with Crippen LogP contribution in [0.1, 0.15) is 23.6 Å². The molecule has 130 valence electrons. The molecule has 0 saturated carbocycles. The Kier molecular flexibility index (Phi) is 8.05. The molecule has 0 aromatic heterocycles. The zero-order chi connectivity index (χ0) is 17.3. The number of nitrogens with one attached hydrogen (secondary N) is 3. The number of hydrogen-bond acceptors (Lipinski definition) is 3. The van der Waals surface area contributed by atoms with Gasteiger partial charge >= 0.3 is 0 Å². The number of benzene rings is 1. The fourth-order valence-electron chi connectivity index (χ4n) is 2.25. The van der Waals surface area contributed by atoms with Crippen LogP contribution in [0.2, 0.25) is 0 Å². The Labute approximate surface area is 139 Å². The first-order valence-electron chi connectivity index (χ1n) is 7.85. The molecule has 0 atom stereocenters. The van der Waals surface area contributed by atoms with Crippen LogP contribution in [-0.4, -0.2) is 46.8 Å². The molecule has 1 aromatic rings. The van der Waals surface area contributed by atoms with Crippen LogP contribution in [0.3, 0.4) is 0 Å². The molecule has 0 aliphatic rings. The molecule has 0 fully saturated rings. The van der Waals surface area contributed by atoms with E-state index in [-0.39, 0.29) is 5.75 Å². The van der Waals surface area contributed by atoms with E-state index >= 15 is 0 Å². The second-order valence-corrected chi connectivity index (χ2v) is 7.57. The van der Waals surface area contributed by atoms with Gasteiger partial charge in [0.25, 0.3) is 0 Å². The monoisotopic (exact) mass is 340 g/mol. The highest BCUT2D eigenvalue weighted by Gasteiger charge is 2.05. The molecular weight excluding hydrogens is 312 g/mol. The number of aryl methyl sites for hydroxylation is 2. The molecule has 0 radical (unpaired) electrons. The summed E-state index contributed by atoms with van der Waals surface area (Å²) in [5.41, 5.74) is 3.83. The molecule has 1 aromatic carbocycles. The highest BCUT2D eigenvalue weighted by Crippen LogP contribution is 2.08. The van der Waals surface area contributed by atoms with E-state index in [1.807, 2.05) is 0 Å². The maximum Gasteiger partial charge on any atom is 0.211 e. The lowest BCUT2D eigenvalue weighted by atomic mass is 10.1. The van der Waals surface area contributed by atoms with Crippen molar-refractivity contribution in [1.82, 2.24) is 15.4 Å². The van der Waals surface area contributed by atoms with Crippen LogP contribution < -0.4 is 15.4 Å². The minimum absolute atomic E-state index is 0.0931. The summed E-state index contributed by atoms with van der Waals surface area (Å²) < 4.78 is 25.1. The lowest BCUT2D eigenvalue weighted by Crippen LogP contribution is -2.42. The van der Waals surface area contributed by atoms with Crippen LogP contribution in [0.4, 0.5) is 0 Å². The van der Waals surface area contributed by atoms with Gasteiger partial charge in [0.15, 0.2) is 5.96 Å². The van der Waals surface area contributed by atoms with Gasteiger partial charge in [0.1, 0.15) is 0 Å². The van der Waals surface area contributed by atoms with Gasteiger partial charge in [-0.25, -0.2) is 13.1 Å². The van der Waals surface area contributed by atoms with Crippen molar-refractivity contribution in [2.24, 2.45) is 4.99 Å². The van der Waals surface area contributed by atoms with Crippen molar-refractivity contribution >= 4 is 16.0 Å². The third-order valence-electron chi connectivity index (χ3n) is 3.33. The Hall–Kier alpha value is -1.60. The Morgan fingerprint density at radius 3 is 2.22 bits per heavy atom. The number of nitrogens with zero attached hydrogens (tertiary/aromatic N) is 1. The normalized spacial score (nSPS) is 12.3. The van der Waals surface area contributed by atoms with Crippen molar-refractivity contribution < 1.29 is 8.42 Å². The zero-order valence-corrected chi connectivity index (χ0v) is 15.3. The van der Waals surface area contributed by atoms with Gasteiger partial charge in [0.05, 0.1) is 5.75 Å². The number of guanidine groups is 1. The summed E-state index contributed by atoms with van der Waals surface area (Å²) in [5.74, 6) is 0.765. The summed E-state index contributed by atoms with van der Waals surface area (Å²) in [5, 5.41) is 6.32. The average Bonchev–Trinajstić information content (AvgIpc) is 2.48. The fourth-order valence-corrected chi connectivity index (χ4v) is 2.87. The van der Waals surface area contributed by atoms with Crippen LogP contribution >= 0.6 is 0 Å². The van der Waals surface area contributed by atoms with Gasteiger partial charge in [-0.1, -0.05) is 29.3 Å². The van der Waals surface area contributed by atoms with Crippen molar-refractivity contribution in [2.75, 3.05) is 32.4 Å². The highest BCUT2D eigenvalue weighted by molar-refractivity contribution is 7.89. The SMILES string of the molecule is CCS(=O)(=O)NCCNC(=NC)NCCc1cc(C)cc(C)c1. The van der Waals surface area contributed by atoms with E-state index < -0.39 is 10.0 Å². The number of aliphatic imine (C=N–C) groups is 1. The lowest BCUT2D eigenvalue weighted by molar-refractivity contribution is 0.582. The minimum Gasteiger partial charge on any atom is -0.356 e. The molecule has 0 aliphatic heterocycles. The predicted molar refractivity (Wildman–Crippen MR) is 96.4 cm³/mol. The van der Waals surface area contributed by atoms with Gasteiger partial charge in [-0.2, -0.15) is 0 Å². The maximum atomic E-state index is 11.3. The molecule has 0 heterocycles. The molecule has 0 unspecified atom stereocenters. The quantitative estimate of drug-likeness (QED) is 0.374. The largest absolute Gasteiger partial charge is 0.356 e. The number of rotatable bonds is 8. The predicted octanol–water partition coefficient (Wildman–Crippen LogP) is 0.950. The Morgan fingerprint density at radius 1 is 1.04 bits per heavy atom. The van der Waals surface area contributed by atoms with Crippen molar-refractivity contribution in [3.63, 3.8) is 0 Å². The van der Waals surface area contributed by atoms with Gasteiger partial charge < -0.3 is 10.6 Å². The summed E-state index contributed by atoms with van der Waals surface area (Å²) in [6, 6.07) is 6.53. The molecule has 0 spiro atoms.